The Hall–Kier alpha value is -3.56. The number of hydrogen-bond donors (Lipinski definition) is 2. The molecule has 0 aliphatic carbocycles. The van der Waals surface area contributed by atoms with Gasteiger partial charge in [0.2, 0.25) is 5.88 Å². The third-order valence-corrected chi connectivity index (χ3v) is 3.75. The fourth-order valence-corrected chi connectivity index (χ4v) is 2.59. The second-order valence-electron chi connectivity index (χ2n) is 6.65. The Bertz CT molecular complexity index is 1040. The maximum atomic E-state index is 13.2. The molecule has 3 aromatic rings. The number of aromatic nitrogens is 5. The number of H-pyrrole nitrogens is 1. The largest absolute Gasteiger partial charge is 0.474 e. The Morgan fingerprint density at radius 2 is 2.24 bits per heavy atom. The van der Waals surface area contributed by atoms with Gasteiger partial charge in [-0.3, -0.25) is 19.7 Å². The summed E-state index contributed by atoms with van der Waals surface area (Å²) in [6.07, 6.45) is 3.82. The van der Waals surface area contributed by atoms with Crippen molar-refractivity contribution in [2.75, 3.05) is 11.9 Å². The van der Waals surface area contributed by atoms with Gasteiger partial charge in [0.25, 0.3) is 0 Å². The van der Waals surface area contributed by atoms with Crippen molar-refractivity contribution < 1.29 is 9.13 Å². The Kier molecular flexibility index (Phi) is 6.32. The summed E-state index contributed by atoms with van der Waals surface area (Å²) < 4.78 is 20.6. The number of allylic oxidation sites excluding steroid dienone is 1. The Morgan fingerprint density at radius 3 is 3.00 bits per heavy atom. The lowest BCUT2D eigenvalue weighted by atomic mass is 10.3. The van der Waals surface area contributed by atoms with Crippen LogP contribution in [0, 0.1) is 0 Å². The molecule has 10 heteroatoms. The van der Waals surface area contributed by atoms with E-state index in [-0.39, 0.29) is 12.1 Å². The van der Waals surface area contributed by atoms with Gasteiger partial charge < -0.3 is 10.1 Å². The fraction of sp³-hybridized carbons (Fsp3) is 0.316. The van der Waals surface area contributed by atoms with Crippen LogP contribution in [0.25, 0.3) is 17.0 Å². The molecule has 0 amide bonds. The van der Waals surface area contributed by atoms with Crippen LogP contribution < -0.4 is 10.1 Å². The van der Waals surface area contributed by atoms with Gasteiger partial charge in [0.1, 0.15) is 23.5 Å². The predicted molar refractivity (Wildman–Crippen MR) is 112 cm³/mol. The minimum atomic E-state index is -0.545. The second-order valence-corrected chi connectivity index (χ2v) is 6.65. The highest BCUT2D eigenvalue weighted by atomic mass is 19.1. The number of nitrogens with zero attached hydrogens (tertiary/aromatic N) is 6. The van der Waals surface area contributed by atoms with E-state index in [0.717, 1.165) is 17.9 Å². The smallest absolute Gasteiger partial charge is 0.234 e. The van der Waals surface area contributed by atoms with Gasteiger partial charge in [-0.25, -0.2) is 14.4 Å². The summed E-state index contributed by atoms with van der Waals surface area (Å²) in [6.45, 7) is 9.37. The molecule has 2 N–H and O–H groups in total. The molecule has 0 saturated carbocycles. The second kappa shape index (κ2) is 9.09. The van der Waals surface area contributed by atoms with Crippen molar-refractivity contribution >= 4 is 29.9 Å². The first kappa shape index (κ1) is 20.2. The summed E-state index contributed by atoms with van der Waals surface area (Å²) >= 11 is 0. The fourth-order valence-electron chi connectivity index (χ4n) is 2.59. The number of rotatable bonds is 9. The number of imidazole rings is 1. The third kappa shape index (κ3) is 5.24. The minimum absolute atomic E-state index is 0.0285. The molecule has 3 aromatic heterocycles. The number of halogens is 1. The summed E-state index contributed by atoms with van der Waals surface area (Å²) in [4.78, 5) is 16.4. The number of nitrogens with one attached hydrogen (secondary N) is 2. The standard InChI is InChI=1S/C19H23FN8O/c1-12(2)29-18-7-17(26-27-18)28-11-23-15-5-6-16(25-19(15)28)24-13(3)8-22-10-14(20)9-21-4/h5-7,9-13H,4,8H2,1-3H3,(H,24,25)(H,26,27)/b14-9+,22-10?/t13-/m0/s1. The first-order valence-electron chi connectivity index (χ1n) is 9.10. The summed E-state index contributed by atoms with van der Waals surface area (Å²) in [5.74, 6) is 1.31. The van der Waals surface area contributed by atoms with Gasteiger partial charge in [0.15, 0.2) is 11.5 Å². The molecule has 0 aliphatic heterocycles. The van der Waals surface area contributed by atoms with E-state index < -0.39 is 5.83 Å². The van der Waals surface area contributed by atoms with Gasteiger partial charge in [0.05, 0.1) is 25.1 Å². The van der Waals surface area contributed by atoms with Gasteiger partial charge in [-0.05, 0) is 39.6 Å². The summed E-state index contributed by atoms with van der Waals surface area (Å²) in [6, 6.07) is 5.44. The van der Waals surface area contributed by atoms with E-state index in [0.29, 0.717) is 29.7 Å². The monoisotopic (exact) mass is 398 g/mol. The van der Waals surface area contributed by atoms with Crippen LogP contribution in [0.2, 0.25) is 0 Å². The van der Waals surface area contributed by atoms with Crippen LogP contribution in [-0.2, 0) is 0 Å². The Balaban J connectivity index is 1.74. The quantitative estimate of drug-likeness (QED) is 0.538. The zero-order chi connectivity index (χ0) is 20.8. The van der Waals surface area contributed by atoms with Crippen LogP contribution in [-0.4, -0.2) is 56.4 Å². The van der Waals surface area contributed by atoms with E-state index in [1.807, 2.05) is 32.9 Å². The van der Waals surface area contributed by atoms with Crippen molar-refractivity contribution in [1.29, 1.82) is 0 Å². The molecule has 3 rings (SSSR count). The first-order valence-corrected chi connectivity index (χ1v) is 9.10. The lowest BCUT2D eigenvalue weighted by molar-refractivity contribution is 0.232. The number of ether oxygens (including phenoxy) is 1. The first-order chi connectivity index (χ1) is 14.0. The number of pyridine rings is 1. The van der Waals surface area contributed by atoms with E-state index >= 15 is 0 Å². The maximum absolute atomic E-state index is 13.2. The molecular weight excluding hydrogens is 375 g/mol. The highest BCUT2D eigenvalue weighted by Gasteiger charge is 2.12. The van der Waals surface area contributed by atoms with E-state index in [2.05, 4.69) is 42.2 Å². The summed E-state index contributed by atoms with van der Waals surface area (Å²) in [7, 11) is 0. The van der Waals surface area contributed by atoms with Crippen LogP contribution >= 0.6 is 0 Å². The van der Waals surface area contributed by atoms with Gasteiger partial charge in [-0.1, -0.05) is 0 Å². The molecule has 3 heterocycles. The number of anilines is 1. The average molecular weight is 398 g/mol. The third-order valence-electron chi connectivity index (χ3n) is 3.75. The van der Waals surface area contributed by atoms with Crippen LogP contribution in [0.15, 0.2) is 46.5 Å². The molecule has 0 radical (unpaired) electrons. The molecule has 152 valence electrons. The SMILES string of the molecule is C=N/C=C(/F)C=NC[C@H](C)Nc1ccc2ncn(-c3cc(OC(C)C)n[nH]3)c2n1. The normalized spacial score (nSPS) is 13.3. The van der Waals surface area contributed by atoms with Gasteiger partial charge in [-0.15, -0.1) is 5.10 Å². The van der Waals surface area contributed by atoms with Crippen molar-refractivity contribution in [3.05, 3.63) is 36.6 Å². The lowest BCUT2D eigenvalue weighted by Gasteiger charge is -2.12. The van der Waals surface area contributed by atoms with Crippen molar-refractivity contribution in [2.24, 2.45) is 9.98 Å². The van der Waals surface area contributed by atoms with Crippen molar-refractivity contribution in [3.8, 4) is 11.7 Å². The molecule has 29 heavy (non-hydrogen) atoms. The van der Waals surface area contributed by atoms with Crippen LogP contribution in [0.4, 0.5) is 10.2 Å². The Labute approximate surface area is 167 Å². The van der Waals surface area contributed by atoms with E-state index in [1.54, 1.807) is 17.0 Å². The molecule has 1 atom stereocenters. The zero-order valence-electron chi connectivity index (χ0n) is 16.5. The molecule has 0 fully saturated rings. The van der Waals surface area contributed by atoms with E-state index in [1.165, 1.54) is 0 Å². The lowest BCUT2D eigenvalue weighted by Crippen LogP contribution is -2.19. The van der Waals surface area contributed by atoms with Gasteiger partial charge in [-0.2, -0.15) is 0 Å². The minimum Gasteiger partial charge on any atom is -0.474 e. The summed E-state index contributed by atoms with van der Waals surface area (Å²) in [5.41, 5.74) is 1.41. The van der Waals surface area contributed by atoms with E-state index in [9.17, 15) is 4.39 Å². The topological polar surface area (TPSA) is 105 Å². The van der Waals surface area contributed by atoms with Gasteiger partial charge in [0, 0.05) is 12.1 Å². The number of hydrogen-bond acceptors (Lipinski definition) is 7. The average Bonchev–Trinajstić information content (AvgIpc) is 3.27. The molecule has 0 bridgehead atoms. The maximum Gasteiger partial charge on any atom is 0.234 e. The van der Waals surface area contributed by atoms with Crippen LogP contribution in [0.1, 0.15) is 20.8 Å². The molecule has 0 aliphatic rings. The molecule has 0 saturated heterocycles. The number of aromatic amines is 1. The molecule has 0 unspecified atom stereocenters. The summed E-state index contributed by atoms with van der Waals surface area (Å²) in [5, 5.41) is 10.3. The van der Waals surface area contributed by atoms with E-state index in [4.69, 9.17) is 4.74 Å². The van der Waals surface area contributed by atoms with Gasteiger partial charge >= 0.3 is 0 Å². The highest BCUT2D eigenvalue weighted by Crippen LogP contribution is 2.20. The predicted octanol–water partition coefficient (Wildman–Crippen LogP) is 3.31. The molecule has 0 spiro atoms. The Morgan fingerprint density at radius 1 is 1.41 bits per heavy atom. The van der Waals surface area contributed by atoms with Crippen LogP contribution in [0.5, 0.6) is 5.88 Å². The van der Waals surface area contributed by atoms with Crippen molar-refractivity contribution in [1.82, 2.24) is 24.7 Å². The molecule has 0 aromatic carbocycles. The van der Waals surface area contributed by atoms with Crippen LogP contribution in [0.3, 0.4) is 0 Å². The number of aliphatic imine (C=N–C) groups is 2. The van der Waals surface area contributed by atoms with Crippen molar-refractivity contribution in [2.45, 2.75) is 32.9 Å². The zero-order valence-corrected chi connectivity index (χ0v) is 16.5. The van der Waals surface area contributed by atoms with Crippen molar-refractivity contribution in [3.63, 3.8) is 0 Å². The molecular formula is C19H23FN8O. The molecule has 9 nitrogen and oxygen atoms in total. The highest BCUT2D eigenvalue weighted by molar-refractivity contribution is 5.76. The number of fused-ring (bicyclic) bond motifs is 1.